The fraction of sp³-hybridized carbons (Fsp3) is 0.261. The van der Waals surface area contributed by atoms with Crippen LogP contribution in [0.15, 0.2) is 43.2 Å². The van der Waals surface area contributed by atoms with E-state index in [9.17, 15) is 14.0 Å². The van der Waals surface area contributed by atoms with Crippen LogP contribution in [0.2, 0.25) is 5.02 Å². The van der Waals surface area contributed by atoms with Crippen molar-refractivity contribution in [1.29, 1.82) is 0 Å². The summed E-state index contributed by atoms with van der Waals surface area (Å²) in [5, 5.41) is 17.4. The Bertz CT molecular complexity index is 1670. The number of imidazole rings is 2. The summed E-state index contributed by atoms with van der Waals surface area (Å²) < 4.78 is 24.1. The normalized spacial score (nSPS) is 11.7. The highest BCUT2D eigenvalue weighted by atomic mass is 35.5. The molecule has 38 heavy (non-hydrogen) atoms. The Morgan fingerprint density at radius 2 is 2.03 bits per heavy atom. The number of fused-ring (bicyclic) bond motifs is 2. The Labute approximate surface area is 219 Å². The van der Waals surface area contributed by atoms with Crippen molar-refractivity contribution in [1.82, 2.24) is 44.3 Å². The Hall–Kier alpha value is -4.59. The van der Waals surface area contributed by atoms with Crippen molar-refractivity contribution in [3.8, 4) is 0 Å². The largest absolute Gasteiger partial charge is 0.444 e. The first-order valence-corrected chi connectivity index (χ1v) is 11.8. The number of nitrogens with one attached hydrogen (secondary N) is 2. The first kappa shape index (κ1) is 25.1. The molecule has 5 aromatic rings. The van der Waals surface area contributed by atoms with Gasteiger partial charge in [0.1, 0.15) is 11.1 Å². The first-order valence-electron chi connectivity index (χ1n) is 11.4. The summed E-state index contributed by atoms with van der Waals surface area (Å²) in [6, 6.07) is 3.03. The summed E-state index contributed by atoms with van der Waals surface area (Å²) in [6.45, 7) is 5.45. The molecule has 0 saturated heterocycles. The quantitative estimate of drug-likeness (QED) is 0.334. The highest BCUT2D eigenvalue weighted by Gasteiger charge is 2.19. The molecule has 0 aliphatic carbocycles. The molecule has 5 aromatic heterocycles. The number of amides is 2. The molecule has 0 radical (unpaired) electrons. The van der Waals surface area contributed by atoms with Crippen LogP contribution < -0.4 is 10.6 Å². The molecular formula is C23H22ClFN10O3. The van der Waals surface area contributed by atoms with Crippen molar-refractivity contribution in [3.05, 3.63) is 71.2 Å². The number of rotatable bonds is 6. The molecule has 2 N–H and O–H groups in total. The summed E-state index contributed by atoms with van der Waals surface area (Å²) in [4.78, 5) is 33.5. The lowest BCUT2D eigenvalue weighted by atomic mass is 10.2. The molecule has 13 nitrogen and oxygen atoms in total. The zero-order chi connectivity index (χ0) is 27.0. The van der Waals surface area contributed by atoms with Crippen LogP contribution in [0.1, 0.15) is 42.6 Å². The number of pyridine rings is 1. The van der Waals surface area contributed by atoms with Gasteiger partial charge in [-0.3, -0.25) is 10.1 Å². The third kappa shape index (κ3) is 5.25. The lowest BCUT2D eigenvalue weighted by Gasteiger charge is -2.19. The summed E-state index contributed by atoms with van der Waals surface area (Å²) >= 11 is 5.86. The standard InChI is InChI=1S/C23H22ClFN10O3/c1-23(2,3)38-22(37)30-15-4-6-28-35-10-13(29-20(15)35)9-34-11-17(31-32-34)21(36)26-8-16-19-18(25)14(24)5-7-33(19)12-27-16/h4-7,10-12H,8-9H2,1-3H3,(H,26,36)(H,30,37). The summed E-state index contributed by atoms with van der Waals surface area (Å²) in [6.07, 6.45) is 7.04. The van der Waals surface area contributed by atoms with Gasteiger partial charge in [0.05, 0.1) is 60.1 Å². The maximum absolute atomic E-state index is 14.4. The van der Waals surface area contributed by atoms with Gasteiger partial charge in [-0.15, -0.1) is 5.10 Å². The average Bonchev–Trinajstić information content (AvgIpc) is 3.57. The van der Waals surface area contributed by atoms with Crippen LogP contribution in [0.5, 0.6) is 0 Å². The highest BCUT2D eigenvalue weighted by molar-refractivity contribution is 6.31. The number of nitrogens with zero attached hydrogens (tertiary/aromatic N) is 8. The highest BCUT2D eigenvalue weighted by Crippen LogP contribution is 2.22. The van der Waals surface area contributed by atoms with E-state index in [4.69, 9.17) is 16.3 Å². The Morgan fingerprint density at radius 3 is 2.82 bits per heavy atom. The van der Waals surface area contributed by atoms with E-state index in [2.05, 4.69) is 36.0 Å². The van der Waals surface area contributed by atoms with Crippen LogP contribution in [-0.2, 0) is 17.8 Å². The van der Waals surface area contributed by atoms with Gasteiger partial charge in [0.25, 0.3) is 5.91 Å². The van der Waals surface area contributed by atoms with Crippen molar-refractivity contribution in [2.45, 2.75) is 39.5 Å². The van der Waals surface area contributed by atoms with Crippen LogP contribution in [0.4, 0.5) is 14.9 Å². The van der Waals surface area contributed by atoms with E-state index >= 15 is 0 Å². The molecule has 2 amide bonds. The van der Waals surface area contributed by atoms with Gasteiger partial charge in [-0.25, -0.2) is 28.4 Å². The van der Waals surface area contributed by atoms with Crippen LogP contribution in [0.3, 0.4) is 0 Å². The molecule has 0 bridgehead atoms. The minimum atomic E-state index is -0.651. The zero-order valence-electron chi connectivity index (χ0n) is 20.5. The molecule has 5 rings (SSSR count). The fourth-order valence-corrected chi connectivity index (χ4v) is 3.79. The third-order valence-corrected chi connectivity index (χ3v) is 5.52. The molecule has 0 spiro atoms. The molecule has 0 atom stereocenters. The van der Waals surface area contributed by atoms with E-state index in [0.717, 1.165) is 0 Å². The molecular weight excluding hydrogens is 519 g/mol. The van der Waals surface area contributed by atoms with E-state index in [1.807, 2.05) is 0 Å². The fourth-order valence-electron chi connectivity index (χ4n) is 3.65. The molecule has 0 unspecified atom stereocenters. The van der Waals surface area contributed by atoms with Gasteiger partial charge < -0.3 is 14.5 Å². The van der Waals surface area contributed by atoms with Crippen LogP contribution in [0.25, 0.3) is 11.2 Å². The van der Waals surface area contributed by atoms with Gasteiger partial charge in [0.2, 0.25) is 0 Å². The Kier molecular flexibility index (Phi) is 6.40. The number of anilines is 1. The molecule has 196 valence electrons. The van der Waals surface area contributed by atoms with Crippen molar-refractivity contribution < 1.29 is 18.7 Å². The van der Waals surface area contributed by atoms with E-state index in [1.54, 1.807) is 39.2 Å². The van der Waals surface area contributed by atoms with Crippen molar-refractivity contribution in [3.63, 3.8) is 0 Å². The van der Waals surface area contributed by atoms with Gasteiger partial charge in [-0.1, -0.05) is 16.8 Å². The minimum absolute atomic E-state index is 0.0367. The van der Waals surface area contributed by atoms with E-state index in [-0.39, 0.29) is 29.3 Å². The molecule has 0 aromatic carbocycles. The average molecular weight is 541 g/mol. The second-order valence-electron chi connectivity index (χ2n) is 9.28. The minimum Gasteiger partial charge on any atom is -0.444 e. The third-order valence-electron chi connectivity index (χ3n) is 5.23. The maximum atomic E-state index is 14.4. The first-order chi connectivity index (χ1) is 18.1. The second kappa shape index (κ2) is 9.70. The Balaban J connectivity index is 1.26. The molecule has 0 fully saturated rings. The molecule has 0 saturated carbocycles. The van der Waals surface area contributed by atoms with Crippen LogP contribution in [-0.4, -0.2) is 56.6 Å². The molecule has 5 heterocycles. The van der Waals surface area contributed by atoms with Crippen LogP contribution in [0, 0.1) is 5.82 Å². The number of aromatic nitrogens is 8. The van der Waals surface area contributed by atoms with Crippen molar-refractivity contribution in [2.24, 2.45) is 0 Å². The zero-order valence-corrected chi connectivity index (χ0v) is 21.3. The van der Waals surface area contributed by atoms with Gasteiger partial charge >= 0.3 is 6.09 Å². The van der Waals surface area contributed by atoms with Gasteiger partial charge in [0, 0.05) is 6.20 Å². The summed E-state index contributed by atoms with van der Waals surface area (Å²) in [5.74, 6) is -1.13. The lowest BCUT2D eigenvalue weighted by molar-refractivity contribution is 0.0635. The monoisotopic (exact) mass is 540 g/mol. The molecule has 0 aliphatic heterocycles. The summed E-state index contributed by atoms with van der Waals surface area (Å²) in [7, 11) is 0. The second-order valence-corrected chi connectivity index (χ2v) is 9.69. The van der Waals surface area contributed by atoms with Crippen molar-refractivity contribution >= 4 is 40.5 Å². The van der Waals surface area contributed by atoms with Crippen LogP contribution >= 0.6 is 11.6 Å². The van der Waals surface area contributed by atoms with E-state index in [1.165, 1.54) is 38.4 Å². The predicted octanol–water partition coefficient (Wildman–Crippen LogP) is 3.09. The number of carbonyl (C=O) groups is 2. The lowest BCUT2D eigenvalue weighted by Crippen LogP contribution is -2.27. The maximum Gasteiger partial charge on any atom is 0.412 e. The molecule has 15 heteroatoms. The number of ether oxygens (including phenoxy) is 1. The van der Waals surface area contributed by atoms with Gasteiger partial charge in [-0.2, -0.15) is 5.10 Å². The number of halogens is 2. The molecule has 0 aliphatic rings. The predicted molar refractivity (Wildman–Crippen MR) is 133 cm³/mol. The summed E-state index contributed by atoms with van der Waals surface area (Å²) in [5.41, 5.74) is 1.29. The van der Waals surface area contributed by atoms with E-state index < -0.39 is 23.4 Å². The van der Waals surface area contributed by atoms with E-state index in [0.29, 0.717) is 22.7 Å². The number of hydrogen-bond donors (Lipinski definition) is 2. The smallest absolute Gasteiger partial charge is 0.412 e. The van der Waals surface area contributed by atoms with Crippen molar-refractivity contribution in [2.75, 3.05) is 5.32 Å². The van der Waals surface area contributed by atoms with Gasteiger partial charge in [0.15, 0.2) is 17.2 Å². The number of hydrogen-bond acceptors (Lipinski definition) is 8. The topological polar surface area (TPSA) is 146 Å². The Morgan fingerprint density at radius 1 is 1.21 bits per heavy atom. The number of carbonyl (C=O) groups excluding carboxylic acids is 2. The van der Waals surface area contributed by atoms with Gasteiger partial charge in [-0.05, 0) is 32.9 Å². The SMILES string of the molecule is CC(C)(C)OC(=O)Nc1ccnn2cc(Cn3cc(C(=O)NCc4ncn5ccc(Cl)c(F)c45)nn3)nc12.